The molecule has 1 N–H and O–H groups in total. The van der Waals surface area contributed by atoms with Gasteiger partial charge in [-0.1, -0.05) is 31.2 Å². The number of hydrogen-bond acceptors (Lipinski definition) is 3. The van der Waals surface area contributed by atoms with Crippen LogP contribution in [0.2, 0.25) is 0 Å². The molecule has 0 fully saturated rings. The highest BCUT2D eigenvalue weighted by molar-refractivity contribution is 5.46. The van der Waals surface area contributed by atoms with Crippen LogP contribution >= 0.6 is 0 Å². The van der Waals surface area contributed by atoms with Crippen molar-refractivity contribution in [2.24, 2.45) is 0 Å². The van der Waals surface area contributed by atoms with Crippen LogP contribution in [-0.2, 0) is 6.42 Å². The number of benzene rings is 2. The van der Waals surface area contributed by atoms with Crippen molar-refractivity contribution in [3.05, 3.63) is 59.2 Å². The van der Waals surface area contributed by atoms with E-state index in [0.717, 1.165) is 23.5 Å². The standard InChI is InChI=1S/C18H23NO2/c1-5-13-7-6-8-14(11-13)18(19-2)16-12-15(20-3)9-10-17(16)21-4/h6-12,18-19H,5H2,1-4H3. The van der Waals surface area contributed by atoms with Crippen LogP contribution in [0.4, 0.5) is 0 Å². The Hall–Kier alpha value is -2.00. The van der Waals surface area contributed by atoms with Crippen molar-refractivity contribution in [2.45, 2.75) is 19.4 Å². The predicted molar refractivity (Wildman–Crippen MR) is 86.3 cm³/mol. The third kappa shape index (κ3) is 3.37. The van der Waals surface area contributed by atoms with Crippen LogP contribution < -0.4 is 14.8 Å². The lowest BCUT2D eigenvalue weighted by Crippen LogP contribution is -2.18. The van der Waals surface area contributed by atoms with E-state index in [9.17, 15) is 0 Å². The number of aryl methyl sites for hydroxylation is 1. The molecular weight excluding hydrogens is 262 g/mol. The Kier molecular flexibility index (Phi) is 5.23. The summed E-state index contributed by atoms with van der Waals surface area (Å²) in [5.41, 5.74) is 3.63. The fraction of sp³-hybridized carbons (Fsp3) is 0.333. The fourth-order valence-electron chi connectivity index (χ4n) is 2.56. The highest BCUT2D eigenvalue weighted by atomic mass is 16.5. The second kappa shape index (κ2) is 7.14. The van der Waals surface area contributed by atoms with Crippen LogP contribution in [0.5, 0.6) is 11.5 Å². The zero-order valence-corrected chi connectivity index (χ0v) is 13.1. The predicted octanol–water partition coefficient (Wildman–Crippen LogP) is 3.58. The summed E-state index contributed by atoms with van der Waals surface area (Å²) in [4.78, 5) is 0. The highest BCUT2D eigenvalue weighted by Gasteiger charge is 2.17. The van der Waals surface area contributed by atoms with E-state index < -0.39 is 0 Å². The van der Waals surface area contributed by atoms with E-state index in [0.29, 0.717) is 0 Å². The van der Waals surface area contributed by atoms with Crippen LogP contribution in [-0.4, -0.2) is 21.3 Å². The molecule has 21 heavy (non-hydrogen) atoms. The molecule has 0 aliphatic rings. The Bertz CT molecular complexity index is 596. The number of hydrogen-bond donors (Lipinski definition) is 1. The lowest BCUT2D eigenvalue weighted by molar-refractivity contribution is 0.395. The molecule has 2 aromatic rings. The molecule has 0 radical (unpaired) electrons. The number of rotatable bonds is 6. The minimum absolute atomic E-state index is 0.0709. The zero-order chi connectivity index (χ0) is 15.2. The summed E-state index contributed by atoms with van der Waals surface area (Å²) < 4.78 is 10.9. The topological polar surface area (TPSA) is 30.5 Å². The normalized spacial score (nSPS) is 12.0. The van der Waals surface area contributed by atoms with Crippen molar-refractivity contribution >= 4 is 0 Å². The maximum atomic E-state index is 5.51. The van der Waals surface area contributed by atoms with Crippen molar-refractivity contribution in [2.75, 3.05) is 21.3 Å². The van der Waals surface area contributed by atoms with Crippen molar-refractivity contribution in [1.29, 1.82) is 0 Å². The molecule has 3 heteroatoms. The van der Waals surface area contributed by atoms with Crippen LogP contribution in [0.1, 0.15) is 29.7 Å². The van der Waals surface area contributed by atoms with Crippen LogP contribution in [0.3, 0.4) is 0 Å². The van der Waals surface area contributed by atoms with Gasteiger partial charge in [-0.2, -0.15) is 0 Å². The molecular formula is C18H23NO2. The molecule has 0 spiro atoms. The Balaban J connectivity index is 2.49. The molecule has 1 atom stereocenters. The second-order valence-corrected chi connectivity index (χ2v) is 4.93. The number of methoxy groups -OCH3 is 2. The first kappa shape index (κ1) is 15.4. The Labute approximate surface area is 126 Å². The van der Waals surface area contributed by atoms with Gasteiger partial charge in [0.25, 0.3) is 0 Å². The lowest BCUT2D eigenvalue weighted by Gasteiger charge is -2.21. The van der Waals surface area contributed by atoms with Crippen molar-refractivity contribution in [1.82, 2.24) is 5.32 Å². The molecule has 3 nitrogen and oxygen atoms in total. The SMILES string of the molecule is CCc1cccc(C(NC)c2cc(OC)ccc2OC)c1. The molecule has 2 aromatic carbocycles. The van der Waals surface area contributed by atoms with Crippen molar-refractivity contribution in [3.63, 3.8) is 0 Å². The fourth-order valence-corrected chi connectivity index (χ4v) is 2.56. The van der Waals surface area contributed by atoms with Crippen molar-refractivity contribution < 1.29 is 9.47 Å². The van der Waals surface area contributed by atoms with E-state index in [1.54, 1.807) is 14.2 Å². The molecule has 0 saturated heterocycles. The molecule has 0 saturated carbocycles. The van der Waals surface area contributed by atoms with Crippen LogP contribution in [0.25, 0.3) is 0 Å². The Morgan fingerprint density at radius 1 is 1.05 bits per heavy atom. The highest BCUT2D eigenvalue weighted by Crippen LogP contribution is 2.33. The molecule has 0 heterocycles. The lowest BCUT2D eigenvalue weighted by atomic mass is 9.95. The van der Waals surface area contributed by atoms with E-state index in [1.807, 2.05) is 25.2 Å². The second-order valence-electron chi connectivity index (χ2n) is 4.93. The molecule has 0 bridgehead atoms. The zero-order valence-electron chi connectivity index (χ0n) is 13.1. The molecule has 0 aliphatic carbocycles. The van der Waals surface area contributed by atoms with Crippen LogP contribution in [0.15, 0.2) is 42.5 Å². The minimum Gasteiger partial charge on any atom is -0.497 e. The third-order valence-corrected chi connectivity index (χ3v) is 3.73. The number of ether oxygens (including phenoxy) is 2. The summed E-state index contributed by atoms with van der Waals surface area (Å²) in [7, 11) is 5.33. The quantitative estimate of drug-likeness (QED) is 0.880. The van der Waals surface area contributed by atoms with Crippen molar-refractivity contribution in [3.8, 4) is 11.5 Å². The smallest absolute Gasteiger partial charge is 0.124 e. The van der Waals surface area contributed by atoms with Gasteiger partial charge in [-0.25, -0.2) is 0 Å². The summed E-state index contributed by atoms with van der Waals surface area (Å²) >= 11 is 0. The van der Waals surface area contributed by atoms with Gasteiger partial charge in [0.15, 0.2) is 0 Å². The van der Waals surface area contributed by atoms with E-state index in [4.69, 9.17) is 9.47 Å². The summed E-state index contributed by atoms with van der Waals surface area (Å²) in [6.45, 7) is 2.17. The first-order valence-corrected chi connectivity index (χ1v) is 7.21. The molecule has 0 amide bonds. The van der Waals surface area contributed by atoms with Gasteiger partial charge in [0.2, 0.25) is 0 Å². The van der Waals surface area contributed by atoms with E-state index >= 15 is 0 Å². The first-order valence-electron chi connectivity index (χ1n) is 7.21. The van der Waals surface area contributed by atoms with E-state index in [2.05, 4.69) is 36.5 Å². The Morgan fingerprint density at radius 2 is 1.86 bits per heavy atom. The molecule has 1 unspecified atom stereocenters. The largest absolute Gasteiger partial charge is 0.497 e. The van der Waals surface area contributed by atoms with Gasteiger partial charge < -0.3 is 14.8 Å². The first-order chi connectivity index (χ1) is 10.2. The third-order valence-electron chi connectivity index (χ3n) is 3.73. The molecule has 0 aromatic heterocycles. The maximum Gasteiger partial charge on any atom is 0.124 e. The minimum atomic E-state index is 0.0709. The molecule has 0 aliphatic heterocycles. The van der Waals surface area contributed by atoms with E-state index in [-0.39, 0.29) is 6.04 Å². The van der Waals surface area contributed by atoms with Gasteiger partial charge in [-0.05, 0) is 42.8 Å². The van der Waals surface area contributed by atoms with E-state index in [1.165, 1.54) is 11.1 Å². The number of nitrogens with one attached hydrogen (secondary N) is 1. The van der Waals surface area contributed by atoms with Gasteiger partial charge in [-0.15, -0.1) is 0 Å². The van der Waals surface area contributed by atoms with Gasteiger partial charge in [-0.3, -0.25) is 0 Å². The van der Waals surface area contributed by atoms with Gasteiger partial charge >= 0.3 is 0 Å². The summed E-state index contributed by atoms with van der Waals surface area (Å²) in [5.74, 6) is 1.69. The molecule has 2 rings (SSSR count). The average Bonchev–Trinajstić information content (AvgIpc) is 2.55. The Morgan fingerprint density at radius 3 is 2.48 bits per heavy atom. The monoisotopic (exact) mass is 285 g/mol. The van der Waals surface area contributed by atoms with Gasteiger partial charge in [0, 0.05) is 5.56 Å². The average molecular weight is 285 g/mol. The summed E-state index contributed by atoms with van der Waals surface area (Å²) in [5, 5.41) is 3.38. The summed E-state index contributed by atoms with van der Waals surface area (Å²) in [6, 6.07) is 14.6. The molecule has 112 valence electrons. The maximum absolute atomic E-state index is 5.51. The van der Waals surface area contributed by atoms with Crippen LogP contribution in [0, 0.1) is 0 Å². The summed E-state index contributed by atoms with van der Waals surface area (Å²) in [6.07, 6.45) is 1.03. The van der Waals surface area contributed by atoms with Gasteiger partial charge in [0.1, 0.15) is 11.5 Å². The van der Waals surface area contributed by atoms with Gasteiger partial charge in [0.05, 0.1) is 20.3 Å².